The number of amides is 1. The lowest BCUT2D eigenvalue weighted by molar-refractivity contribution is -0.130. The van der Waals surface area contributed by atoms with Gasteiger partial charge in [0.15, 0.2) is 5.16 Å². The fourth-order valence-corrected chi connectivity index (χ4v) is 5.01. The smallest absolute Gasteiger partial charge is 0.236 e. The topological polar surface area (TPSA) is 41.4 Å². The number of aromatic nitrogens is 2. The Morgan fingerprint density at radius 2 is 1.61 bits per heavy atom. The number of para-hydroxylation sites is 2. The van der Waals surface area contributed by atoms with Gasteiger partial charge in [-0.1, -0.05) is 62.0 Å². The second-order valence-corrected chi connectivity index (χ2v) is 9.51. The molecule has 2 aromatic carbocycles. The van der Waals surface area contributed by atoms with E-state index in [1.807, 2.05) is 30.3 Å². The molecule has 0 bridgehead atoms. The Balaban J connectivity index is 1.42. The van der Waals surface area contributed by atoms with Gasteiger partial charge in [-0.15, -0.1) is 0 Å². The standard InChI is InChI=1S/C25H30N4OS/c1-19(2)22-11-7-8-12-23(22)29-14-13-26-25(29)31-20(3)24(30)28-17-15-27(16-18-28)21-9-5-4-6-10-21/h4-14,19-20H,15-18H2,1-3H3. The molecule has 6 heteroatoms. The second kappa shape index (κ2) is 9.60. The summed E-state index contributed by atoms with van der Waals surface area (Å²) >= 11 is 1.54. The van der Waals surface area contributed by atoms with E-state index in [0.29, 0.717) is 5.92 Å². The molecule has 2 heterocycles. The average molecular weight is 435 g/mol. The number of imidazole rings is 1. The average Bonchev–Trinajstić information content (AvgIpc) is 3.27. The Morgan fingerprint density at radius 3 is 2.32 bits per heavy atom. The first-order chi connectivity index (χ1) is 15.0. The van der Waals surface area contributed by atoms with Crippen LogP contribution in [0.15, 0.2) is 72.1 Å². The van der Waals surface area contributed by atoms with E-state index in [2.05, 4.69) is 76.8 Å². The van der Waals surface area contributed by atoms with Gasteiger partial charge >= 0.3 is 0 Å². The van der Waals surface area contributed by atoms with Crippen LogP contribution in [0.1, 0.15) is 32.3 Å². The van der Waals surface area contributed by atoms with Crippen LogP contribution in [0, 0.1) is 0 Å². The van der Waals surface area contributed by atoms with Crippen LogP contribution in [-0.2, 0) is 4.79 Å². The number of carbonyl (C=O) groups is 1. The minimum absolute atomic E-state index is 0.185. The first kappa shape index (κ1) is 21.5. The molecule has 1 amide bonds. The molecule has 5 nitrogen and oxygen atoms in total. The van der Waals surface area contributed by atoms with E-state index < -0.39 is 0 Å². The lowest BCUT2D eigenvalue weighted by Gasteiger charge is -2.37. The maximum atomic E-state index is 13.1. The number of nitrogens with zero attached hydrogens (tertiary/aromatic N) is 4. The van der Waals surface area contributed by atoms with Crippen molar-refractivity contribution in [3.8, 4) is 5.69 Å². The summed E-state index contributed by atoms with van der Waals surface area (Å²) in [5.41, 5.74) is 3.63. The van der Waals surface area contributed by atoms with Gasteiger partial charge in [-0.3, -0.25) is 9.36 Å². The van der Waals surface area contributed by atoms with Crippen LogP contribution in [0.4, 0.5) is 5.69 Å². The third kappa shape index (κ3) is 4.79. The minimum atomic E-state index is -0.185. The van der Waals surface area contributed by atoms with Crippen LogP contribution in [-0.4, -0.2) is 51.8 Å². The number of hydrogen-bond donors (Lipinski definition) is 0. The Hall–Kier alpha value is -2.73. The van der Waals surface area contributed by atoms with E-state index in [-0.39, 0.29) is 11.2 Å². The molecule has 0 aliphatic carbocycles. The fraction of sp³-hybridized carbons (Fsp3) is 0.360. The molecule has 1 aliphatic heterocycles. The van der Waals surface area contributed by atoms with Crippen LogP contribution in [0.2, 0.25) is 0 Å². The molecule has 0 saturated carbocycles. The number of hydrogen-bond acceptors (Lipinski definition) is 4. The van der Waals surface area contributed by atoms with Gasteiger partial charge < -0.3 is 9.80 Å². The number of thioether (sulfide) groups is 1. The molecule has 1 atom stereocenters. The normalized spacial score (nSPS) is 15.4. The Labute approximate surface area is 189 Å². The van der Waals surface area contributed by atoms with Crippen molar-refractivity contribution < 1.29 is 4.79 Å². The van der Waals surface area contributed by atoms with Crippen molar-refractivity contribution in [3.63, 3.8) is 0 Å². The molecule has 4 rings (SSSR count). The van der Waals surface area contributed by atoms with E-state index in [4.69, 9.17) is 0 Å². The predicted octanol–water partition coefficient (Wildman–Crippen LogP) is 4.83. The number of rotatable bonds is 6. The highest BCUT2D eigenvalue weighted by Crippen LogP contribution is 2.30. The van der Waals surface area contributed by atoms with Crippen molar-refractivity contribution in [1.29, 1.82) is 0 Å². The molecule has 3 aromatic rings. The summed E-state index contributed by atoms with van der Waals surface area (Å²) in [6.45, 7) is 9.62. The van der Waals surface area contributed by atoms with Crippen molar-refractivity contribution in [2.75, 3.05) is 31.1 Å². The molecule has 31 heavy (non-hydrogen) atoms. The van der Waals surface area contributed by atoms with Crippen LogP contribution in [0.3, 0.4) is 0 Å². The molecule has 0 radical (unpaired) electrons. The van der Waals surface area contributed by atoms with Gasteiger partial charge in [-0.05, 0) is 36.6 Å². The van der Waals surface area contributed by atoms with E-state index in [0.717, 1.165) is 37.0 Å². The van der Waals surface area contributed by atoms with E-state index >= 15 is 0 Å². The highest BCUT2D eigenvalue weighted by molar-refractivity contribution is 8.00. The summed E-state index contributed by atoms with van der Waals surface area (Å²) < 4.78 is 2.11. The summed E-state index contributed by atoms with van der Waals surface area (Å²) in [6, 6.07) is 18.8. The quantitative estimate of drug-likeness (QED) is 0.522. The molecule has 162 valence electrons. The number of anilines is 1. The van der Waals surface area contributed by atoms with E-state index in [1.54, 1.807) is 0 Å². The third-order valence-corrected chi connectivity index (χ3v) is 6.84. The minimum Gasteiger partial charge on any atom is -0.368 e. The van der Waals surface area contributed by atoms with Gasteiger partial charge in [0.2, 0.25) is 5.91 Å². The molecular formula is C25H30N4OS. The summed E-state index contributed by atoms with van der Waals surface area (Å²) in [5, 5.41) is 0.674. The van der Waals surface area contributed by atoms with Crippen molar-refractivity contribution >= 4 is 23.4 Å². The summed E-state index contributed by atoms with van der Waals surface area (Å²) in [5.74, 6) is 0.598. The van der Waals surface area contributed by atoms with Crippen molar-refractivity contribution in [3.05, 3.63) is 72.6 Å². The van der Waals surface area contributed by atoms with Crippen LogP contribution in [0.5, 0.6) is 0 Å². The van der Waals surface area contributed by atoms with Crippen molar-refractivity contribution in [2.45, 2.75) is 37.1 Å². The highest BCUT2D eigenvalue weighted by atomic mass is 32.2. The van der Waals surface area contributed by atoms with Gasteiger partial charge in [0.05, 0.1) is 10.9 Å². The zero-order valence-corrected chi connectivity index (χ0v) is 19.3. The van der Waals surface area contributed by atoms with E-state index in [1.165, 1.54) is 23.0 Å². The molecule has 0 N–H and O–H groups in total. The lowest BCUT2D eigenvalue weighted by atomic mass is 10.0. The predicted molar refractivity (Wildman–Crippen MR) is 128 cm³/mol. The number of benzene rings is 2. The second-order valence-electron chi connectivity index (χ2n) is 8.20. The molecule has 0 spiro atoms. The van der Waals surface area contributed by atoms with Gasteiger partial charge in [-0.25, -0.2) is 4.98 Å². The SMILES string of the molecule is CC(Sc1nccn1-c1ccccc1C(C)C)C(=O)N1CCN(c2ccccc2)CC1. The fourth-order valence-electron chi connectivity index (χ4n) is 4.04. The lowest BCUT2D eigenvalue weighted by Crippen LogP contribution is -2.50. The highest BCUT2D eigenvalue weighted by Gasteiger charge is 2.27. The zero-order valence-electron chi connectivity index (χ0n) is 18.4. The van der Waals surface area contributed by atoms with Crippen LogP contribution < -0.4 is 4.90 Å². The van der Waals surface area contributed by atoms with Crippen LogP contribution in [0.25, 0.3) is 5.69 Å². The van der Waals surface area contributed by atoms with E-state index in [9.17, 15) is 4.79 Å². The first-order valence-corrected chi connectivity index (χ1v) is 11.8. The van der Waals surface area contributed by atoms with Crippen molar-refractivity contribution in [2.24, 2.45) is 0 Å². The molecule has 1 aromatic heterocycles. The summed E-state index contributed by atoms with van der Waals surface area (Å²) in [6.07, 6.45) is 3.80. The Morgan fingerprint density at radius 1 is 0.935 bits per heavy atom. The third-order valence-electron chi connectivity index (χ3n) is 5.77. The Bertz CT molecular complexity index is 1010. The maximum Gasteiger partial charge on any atom is 0.236 e. The first-order valence-electron chi connectivity index (χ1n) is 10.9. The van der Waals surface area contributed by atoms with Gasteiger partial charge in [-0.2, -0.15) is 0 Å². The number of carbonyl (C=O) groups excluding carboxylic acids is 1. The van der Waals surface area contributed by atoms with Gasteiger partial charge in [0.1, 0.15) is 0 Å². The summed E-state index contributed by atoms with van der Waals surface area (Å²) in [7, 11) is 0. The van der Waals surface area contributed by atoms with Gasteiger partial charge in [0.25, 0.3) is 0 Å². The molecule has 1 aliphatic rings. The van der Waals surface area contributed by atoms with Gasteiger partial charge in [0, 0.05) is 44.3 Å². The molecule has 1 unspecified atom stereocenters. The molecular weight excluding hydrogens is 404 g/mol. The van der Waals surface area contributed by atoms with Crippen LogP contribution >= 0.6 is 11.8 Å². The molecule has 1 fully saturated rings. The Kier molecular flexibility index (Phi) is 6.66. The number of piperazine rings is 1. The monoisotopic (exact) mass is 434 g/mol. The van der Waals surface area contributed by atoms with Crippen molar-refractivity contribution in [1.82, 2.24) is 14.5 Å². The summed E-state index contributed by atoms with van der Waals surface area (Å²) in [4.78, 5) is 22.0. The maximum absolute atomic E-state index is 13.1. The molecule has 1 saturated heterocycles. The zero-order chi connectivity index (χ0) is 21.8. The largest absolute Gasteiger partial charge is 0.368 e.